The van der Waals surface area contributed by atoms with Gasteiger partial charge in [0.2, 0.25) is 0 Å². The van der Waals surface area contributed by atoms with E-state index in [1.54, 1.807) is 8.68 Å². The third-order valence-electron chi connectivity index (χ3n) is 13.8. The van der Waals surface area contributed by atoms with Crippen LogP contribution in [0.4, 0.5) is 0 Å². The second-order valence-corrected chi connectivity index (χ2v) is 64.3. The Balaban J connectivity index is 1.92. The van der Waals surface area contributed by atoms with Crippen molar-refractivity contribution in [2.75, 3.05) is 0 Å². The molecule has 0 bridgehead atoms. The Morgan fingerprint density at radius 2 is 0.483 bits per heavy atom. The number of hydrogen-bond donors (Lipinski definition) is 0. The molecule has 0 aliphatic heterocycles. The normalized spacial score (nSPS) is 12.6. The number of rotatable bonds is 33. The zero-order valence-corrected chi connectivity index (χ0v) is 51.1. The van der Waals surface area contributed by atoms with E-state index in [0.29, 0.717) is 0 Å². The monoisotopic (exact) mass is 1200 g/mol. The summed E-state index contributed by atoms with van der Waals surface area (Å²) in [5.74, 6) is 2.77. The SMILES string of the molecule is CCC[CH2][Sn]([CH2]CCC)([CH2]CCC)[c]1ccc(-c2nc(-c3cc[c]([Sn]([CH2]CCC)([CH2]CCC)[CH2]CCC)s3)nc(-c3cc[c]([Sn]([CH2]CCC)([CH2]CCC)[CH2]CCC)s3)n2)s1. The summed E-state index contributed by atoms with van der Waals surface area (Å²) in [5.41, 5.74) is 0. The summed E-state index contributed by atoms with van der Waals surface area (Å²) in [6.45, 7) is 21.6. The fourth-order valence-electron chi connectivity index (χ4n) is 9.81. The first kappa shape index (κ1) is 53.1. The standard InChI is InChI=1S/C15H6N3S3.9C4H9.3Sn/c1-4-10(19-7-1)13-16-14(11-5-2-8-20-11)18-15(17-13)12-6-3-9-21-12;9*1-3-4-2;;;/h1-6H;9*1,3-4H2,2H3;;;. The molecule has 336 valence electrons. The van der Waals surface area contributed by atoms with Crippen molar-refractivity contribution < 1.29 is 0 Å². The molecule has 60 heavy (non-hydrogen) atoms. The first-order valence-electron chi connectivity index (χ1n) is 25.3. The van der Waals surface area contributed by atoms with Crippen LogP contribution in [0.5, 0.6) is 0 Å². The van der Waals surface area contributed by atoms with Crippen LogP contribution in [0, 0.1) is 0 Å². The van der Waals surface area contributed by atoms with Gasteiger partial charge in [0.15, 0.2) is 0 Å². The van der Waals surface area contributed by atoms with E-state index in [9.17, 15) is 0 Å². The number of nitrogens with zero attached hydrogens (tertiary/aromatic N) is 3. The zero-order chi connectivity index (χ0) is 43.3. The molecule has 0 radical (unpaired) electrons. The minimum atomic E-state index is -2.61. The average Bonchev–Trinajstić information content (AvgIpc) is 4.09. The van der Waals surface area contributed by atoms with Crippen LogP contribution in [0.3, 0.4) is 0 Å². The van der Waals surface area contributed by atoms with Crippen molar-refractivity contribution in [1.82, 2.24) is 15.0 Å². The van der Waals surface area contributed by atoms with Crippen molar-refractivity contribution in [3.63, 3.8) is 0 Å². The summed E-state index contributed by atoms with van der Waals surface area (Å²) >= 11 is -1.55. The maximum absolute atomic E-state index is 5.50. The van der Waals surface area contributed by atoms with Gasteiger partial charge in [0.25, 0.3) is 0 Å². The summed E-state index contributed by atoms with van der Waals surface area (Å²) in [4.78, 5) is 20.3. The van der Waals surface area contributed by atoms with E-state index >= 15 is 0 Å². The molecule has 4 rings (SSSR count). The van der Waals surface area contributed by atoms with Gasteiger partial charge >= 0.3 is 399 Å². The van der Waals surface area contributed by atoms with Gasteiger partial charge in [-0.05, 0) is 0 Å². The molecule has 0 fully saturated rings. The molecule has 0 aliphatic carbocycles. The molecule has 9 heteroatoms. The summed E-state index contributed by atoms with van der Waals surface area (Å²) in [7, 11) is 0. The van der Waals surface area contributed by atoms with Gasteiger partial charge in [0.05, 0.1) is 0 Å². The maximum atomic E-state index is 5.50. The number of unbranched alkanes of at least 4 members (excludes halogenated alkanes) is 9. The van der Waals surface area contributed by atoms with E-state index in [1.807, 2.05) is 0 Å². The van der Waals surface area contributed by atoms with Gasteiger partial charge in [0, 0.05) is 0 Å². The van der Waals surface area contributed by atoms with Crippen LogP contribution in [0.1, 0.15) is 178 Å². The second kappa shape index (κ2) is 28.5. The molecule has 0 aliphatic rings. The van der Waals surface area contributed by atoms with E-state index in [4.69, 9.17) is 15.0 Å². The first-order valence-corrected chi connectivity index (χ1v) is 50.2. The molecule has 0 spiro atoms. The minimum absolute atomic E-state index is 0.924. The van der Waals surface area contributed by atoms with Crippen LogP contribution < -0.4 is 8.68 Å². The molecule has 0 amide bonds. The Hall–Kier alpha value is 0.506. The van der Waals surface area contributed by atoms with E-state index in [0.717, 1.165) is 17.5 Å². The third-order valence-corrected chi connectivity index (χ3v) is 71.8. The molecule has 0 atom stereocenters. The fraction of sp³-hybridized carbons (Fsp3) is 0.706. The number of hydrogen-bond acceptors (Lipinski definition) is 6. The van der Waals surface area contributed by atoms with Crippen LogP contribution in [0.25, 0.3) is 32.1 Å². The van der Waals surface area contributed by atoms with Gasteiger partial charge < -0.3 is 0 Å². The Kier molecular flexibility index (Phi) is 25.3. The molecule has 4 aromatic heterocycles. The van der Waals surface area contributed by atoms with Crippen molar-refractivity contribution in [2.24, 2.45) is 0 Å². The quantitative estimate of drug-likeness (QED) is 0.0446. The second-order valence-electron chi connectivity index (χ2n) is 18.6. The van der Waals surface area contributed by atoms with Gasteiger partial charge in [-0.25, -0.2) is 0 Å². The fourth-order valence-corrected chi connectivity index (χ4v) is 70.0. The predicted octanol–water partition coefficient (Wildman–Crippen LogP) is 17.2. The molecule has 0 N–H and O–H groups in total. The van der Waals surface area contributed by atoms with Gasteiger partial charge in [-0.3, -0.25) is 0 Å². The summed E-state index contributed by atoms with van der Waals surface area (Å²) in [6, 6.07) is 15.0. The van der Waals surface area contributed by atoms with Crippen LogP contribution in [0.2, 0.25) is 39.9 Å². The van der Waals surface area contributed by atoms with Crippen molar-refractivity contribution in [3.05, 3.63) is 36.4 Å². The molecule has 0 saturated heterocycles. The van der Waals surface area contributed by atoms with Crippen LogP contribution >= 0.6 is 34.0 Å². The molecule has 4 heterocycles. The zero-order valence-electron chi connectivity index (χ0n) is 40.1. The number of thiophene rings is 3. The predicted molar refractivity (Wildman–Crippen MR) is 283 cm³/mol. The van der Waals surface area contributed by atoms with Crippen LogP contribution in [0.15, 0.2) is 36.4 Å². The third kappa shape index (κ3) is 14.8. The Morgan fingerprint density at radius 3 is 0.650 bits per heavy atom. The van der Waals surface area contributed by atoms with E-state index < -0.39 is 55.1 Å². The summed E-state index contributed by atoms with van der Waals surface area (Å²) in [6.07, 6.45) is 24.3. The van der Waals surface area contributed by atoms with Gasteiger partial charge in [0.1, 0.15) is 0 Å². The molecule has 0 aromatic carbocycles. The Bertz CT molecular complexity index is 1480. The average molecular weight is 1190 g/mol. The topological polar surface area (TPSA) is 38.7 Å². The van der Waals surface area contributed by atoms with Gasteiger partial charge in [-0.2, -0.15) is 0 Å². The van der Waals surface area contributed by atoms with Crippen molar-refractivity contribution >= 4 is 97.8 Å². The molecular formula is C51H87N3S3Sn3. The summed E-state index contributed by atoms with van der Waals surface area (Å²) < 4.78 is 18.8. The van der Waals surface area contributed by atoms with Crippen molar-refractivity contribution in [1.29, 1.82) is 0 Å². The van der Waals surface area contributed by atoms with Gasteiger partial charge in [-0.1, -0.05) is 0 Å². The molecule has 0 unspecified atom stereocenters. The van der Waals surface area contributed by atoms with E-state index in [-0.39, 0.29) is 0 Å². The van der Waals surface area contributed by atoms with Gasteiger partial charge in [-0.15, -0.1) is 0 Å². The first-order chi connectivity index (χ1) is 29.3. The van der Waals surface area contributed by atoms with Crippen molar-refractivity contribution in [2.45, 2.75) is 218 Å². The van der Waals surface area contributed by atoms with Crippen molar-refractivity contribution in [3.8, 4) is 32.1 Å². The van der Waals surface area contributed by atoms with Crippen LogP contribution in [-0.2, 0) is 0 Å². The Labute approximate surface area is 394 Å². The number of aromatic nitrogens is 3. The molecular weight excluding hydrogens is 1110 g/mol. The van der Waals surface area contributed by atoms with Crippen LogP contribution in [-0.4, -0.2) is 70.1 Å². The van der Waals surface area contributed by atoms with E-state index in [1.165, 1.54) is 170 Å². The molecule has 3 nitrogen and oxygen atoms in total. The van der Waals surface area contributed by atoms with E-state index in [2.05, 4.69) is 133 Å². The summed E-state index contributed by atoms with van der Waals surface area (Å²) in [5, 5.41) is 0. The molecule has 4 aromatic rings. The molecule has 0 saturated carbocycles. The Morgan fingerprint density at radius 1 is 0.300 bits per heavy atom.